The highest BCUT2D eigenvalue weighted by Gasteiger charge is 2.13. The molecule has 29 heavy (non-hydrogen) atoms. The lowest BCUT2D eigenvalue weighted by Crippen LogP contribution is -2.26. The number of nitrogens with zero attached hydrogens (tertiary/aromatic N) is 3. The van der Waals surface area contributed by atoms with Gasteiger partial charge in [-0.05, 0) is 54.4 Å². The Bertz CT molecular complexity index is 1120. The van der Waals surface area contributed by atoms with Crippen LogP contribution in [0.5, 0.6) is 11.5 Å². The van der Waals surface area contributed by atoms with Gasteiger partial charge in [-0.3, -0.25) is 9.78 Å². The molecule has 2 aromatic heterocycles. The lowest BCUT2D eigenvalue weighted by atomic mass is 10.1. The SMILES string of the molecule is CN(C(=O)CCc1cn(C)c2ccccc12)c1ccc(Oc2cccnc2)cc1. The fraction of sp³-hybridized carbons (Fsp3) is 0.167. The number of anilines is 1. The van der Waals surface area contributed by atoms with Gasteiger partial charge in [-0.25, -0.2) is 0 Å². The Morgan fingerprint density at radius 1 is 1.03 bits per heavy atom. The quantitative estimate of drug-likeness (QED) is 0.471. The molecule has 0 spiro atoms. The van der Waals surface area contributed by atoms with Gasteiger partial charge in [-0.15, -0.1) is 0 Å². The molecule has 0 bridgehead atoms. The van der Waals surface area contributed by atoms with E-state index in [9.17, 15) is 4.79 Å². The van der Waals surface area contributed by atoms with Gasteiger partial charge in [-0.1, -0.05) is 18.2 Å². The molecule has 2 aromatic carbocycles. The maximum atomic E-state index is 12.7. The Morgan fingerprint density at radius 3 is 2.59 bits per heavy atom. The maximum Gasteiger partial charge on any atom is 0.227 e. The number of para-hydroxylation sites is 1. The van der Waals surface area contributed by atoms with E-state index >= 15 is 0 Å². The predicted molar refractivity (Wildman–Crippen MR) is 115 cm³/mol. The van der Waals surface area contributed by atoms with Crippen LogP contribution < -0.4 is 9.64 Å². The van der Waals surface area contributed by atoms with Crippen molar-refractivity contribution in [1.82, 2.24) is 9.55 Å². The van der Waals surface area contributed by atoms with Crippen LogP contribution >= 0.6 is 0 Å². The lowest BCUT2D eigenvalue weighted by Gasteiger charge is -2.17. The minimum atomic E-state index is 0.0823. The van der Waals surface area contributed by atoms with Crippen LogP contribution in [0.2, 0.25) is 0 Å². The molecule has 1 amide bonds. The van der Waals surface area contributed by atoms with E-state index in [-0.39, 0.29) is 5.91 Å². The summed E-state index contributed by atoms with van der Waals surface area (Å²) < 4.78 is 7.86. The van der Waals surface area contributed by atoms with Crippen molar-refractivity contribution in [3.05, 3.63) is 84.8 Å². The van der Waals surface area contributed by atoms with E-state index < -0.39 is 0 Å². The first-order chi connectivity index (χ1) is 14.1. The number of hydrogen-bond donors (Lipinski definition) is 0. The van der Waals surface area contributed by atoms with Gasteiger partial charge >= 0.3 is 0 Å². The molecule has 0 aliphatic rings. The summed E-state index contributed by atoms with van der Waals surface area (Å²) in [6.07, 6.45) is 6.65. The van der Waals surface area contributed by atoms with Crippen LogP contribution in [0, 0.1) is 0 Å². The molecule has 0 fully saturated rings. The number of carbonyl (C=O) groups is 1. The minimum absolute atomic E-state index is 0.0823. The van der Waals surface area contributed by atoms with Crippen molar-refractivity contribution in [2.45, 2.75) is 12.8 Å². The molecule has 5 nitrogen and oxygen atoms in total. The highest BCUT2D eigenvalue weighted by Crippen LogP contribution is 2.25. The monoisotopic (exact) mass is 385 g/mol. The molecule has 0 atom stereocenters. The zero-order chi connectivity index (χ0) is 20.2. The smallest absolute Gasteiger partial charge is 0.227 e. The summed E-state index contributed by atoms with van der Waals surface area (Å²) in [4.78, 5) is 18.4. The number of hydrogen-bond acceptors (Lipinski definition) is 3. The molecule has 0 saturated heterocycles. The zero-order valence-corrected chi connectivity index (χ0v) is 16.6. The Morgan fingerprint density at radius 2 is 1.83 bits per heavy atom. The molecule has 4 rings (SSSR count). The van der Waals surface area contributed by atoms with E-state index in [0.29, 0.717) is 24.3 Å². The fourth-order valence-electron chi connectivity index (χ4n) is 3.46. The van der Waals surface area contributed by atoms with E-state index in [2.05, 4.69) is 27.9 Å². The second-order valence-corrected chi connectivity index (χ2v) is 7.02. The highest BCUT2D eigenvalue weighted by atomic mass is 16.5. The third kappa shape index (κ3) is 4.14. The van der Waals surface area contributed by atoms with Gasteiger partial charge in [0, 0.05) is 49.5 Å². The van der Waals surface area contributed by atoms with Gasteiger partial charge in [-0.2, -0.15) is 0 Å². The largest absolute Gasteiger partial charge is 0.456 e. The number of aromatic nitrogens is 2. The van der Waals surface area contributed by atoms with Gasteiger partial charge in [0.1, 0.15) is 11.5 Å². The number of fused-ring (bicyclic) bond motifs is 1. The Kier molecular flexibility index (Phi) is 5.29. The van der Waals surface area contributed by atoms with Crippen LogP contribution in [0.1, 0.15) is 12.0 Å². The summed E-state index contributed by atoms with van der Waals surface area (Å²) in [5.74, 6) is 1.47. The number of aryl methyl sites for hydroxylation is 2. The van der Waals surface area contributed by atoms with Crippen molar-refractivity contribution in [3.8, 4) is 11.5 Å². The van der Waals surface area contributed by atoms with Crippen molar-refractivity contribution >= 4 is 22.5 Å². The van der Waals surface area contributed by atoms with E-state index in [1.54, 1.807) is 17.3 Å². The fourth-order valence-corrected chi connectivity index (χ4v) is 3.46. The second kappa shape index (κ2) is 8.19. The van der Waals surface area contributed by atoms with E-state index in [1.165, 1.54) is 16.5 Å². The van der Waals surface area contributed by atoms with E-state index in [1.807, 2.05) is 62.6 Å². The molecular weight excluding hydrogens is 362 g/mol. The normalized spacial score (nSPS) is 10.8. The van der Waals surface area contributed by atoms with E-state index in [0.717, 1.165) is 5.69 Å². The molecule has 0 aliphatic heterocycles. The first-order valence-corrected chi connectivity index (χ1v) is 9.59. The molecule has 0 aliphatic carbocycles. The average Bonchev–Trinajstić information content (AvgIpc) is 3.09. The highest BCUT2D eigenvalue weighted by molar-refractivity contribution is 5.93. The van der Waals surface area contributed by atoms with Crippen LogP contribution in [-0.2, 0) is 18.3 Å². The molecule has 0 N–H and O–H groups in total. The second-order valence-electron chi connectivity index (χ2n) is 7.02. The van der Waals surface area contributed by atoms with Gasteiger partial charge in [0.25, 0.3) is 0 Å². The standard InChI is InChI=1S/C24H23N3O2/c1-26-17-18(22-7-3-4-8-23(22)26)9-14-24(28)27(2)19-10-12-20(13-11-19)29-21-6-5-15-25-16-21/h3-8,10-13,15-17H,9,14H2,1-2H3. The summed E-state index contributed by atoms with van der Waals surface area (Å²) >= 11 is 0. The number of amides is 1. The van der Waals surface area contributed by atoms with Gasteiger partial charge in [0.15, 0.2) is 0 Å². The predicted octanol–water partition coefficient (Wildman–Crippen LogP) is 4.96. The third-order valence-corrected chi connectivity index (χ3v) is 5.06. The molecule has 4 aromatic rings. The summed E-state index contributed by atoms with van der Waals surface area (Å²) in [5, 5.41) is 1.21. The minimum Gasteiger partial charge on any atom is -0.456 e. The Balaban J connectivity index is 1.39. The van der Waals surface area contributed by atoms with Crippen molar-refractivity contribution in [1.29, 1.82) is 0 Å². The number of carbonyl (C=O) groups excluding carboxylic acids is 1. The van der Waals surface area contributed by atoms with E-state index in [4.69, 9.17) is 4.74 Å². The maximum absolute atomic E-state index is 12.7. The Labute approximate surface area is 170 Å². The van der Waals surface area contributed by atoms with Gasteiger partial charge in [0.05, 0.1) is 6.20 Å². The molecule has 2 heterocycles. The third-order valence-electron chi connectivity index (χ3n) is 5.06. The first kappa shape index (κ1) is 18.7. The Hall–Kier alpha value is -3.60. The number of pyridine rings is 1. The average molecular weight is 385 g/mol. The van der Waals surface area contributed by atoms with Gasteiger partial charge in [0.2, 0.25) is 5.91 Å². The van der Waals surface area contributed by atoms with Crippen LogP contribution in [0.4, 0.5) is 5.69 Å². The van der Waals surface area contributed by atoms with Gasteiger partial charge < -0.3 is 14.2 Å². The zero-order valence-electron chi connectivity index (χ0n) is 16.6. The molecule has 5 heteroatoms. The summed E-state index contributed by atoms with van der Waals surface area (Å²) in [7, 11) is 3.84. The van der Waals surface area contributed by atoms with Crippen LogP contribution in [0.15, 0.2) is 79.3 Å². The van der Waals surface area contributed by atoms with Crippen LogP contribution in [-0.4, -0.2) is 22.5 Å². The number of rotatable bonds is 6. The molecule has 0 radical (unpaired) electrons. The summed E-state index contributed by atoms with van der Waals surface area (Å²) in [6.45, 7) is 0. The van der Waals surface area contributed by atoms with Crippen LogP contribution in [0.3, 0.4) is 0 Å². The van der Waals surface area contributed by atoms with Crippen LogP contribution in [0.25, 0.3) is 10.9 Å². The van der Waals surface area contributed by atoms with Crippen molar-refractivity contribution in [3.63, 3.8) is 0 Å². The summed E-state index contributed by atoms with van der Waals surface area (Å²) in [6, 6.07) is 19.5. The topological polar surface area (TPSA) is 47.4 Å². The van der Waals surface area contributed by atoms with Crippen molar-refractivity contribution in [2.75, 3.05) is 11.9 Å². The molecule has 0 saturated carbocycles. The first-order valence-electron chi connectivity index (χ1n) is 9.59. The van der Waals surface area contributed by atoms with Crippen molar-refractivity contribution in [2.24, 2.45) is 7.05 Å². The summed E-state index contributed by atoms with van der Waals surface area (Å²) in [5.41, 5.74) is 3.23. The number of benzene rings is 2. The molecular formula is C24H23N3O2. The number of ether oxygens (including phenoxy) is 1. The molecule has 0 unspecified atom stereocenters. The molecule has 146 valence electrons. The lowest BCUT2D eigenvalue weighted by molar-refractivity contribution is -0.118. The van der Waals surface area contributed by atoms with Crippen molar-refractivity contribution < 1.29 is 9.53 Å².